The number of aromatic nitrogens is 1. The van der Waals surface area contributed by atoms with Crippen molar-refractivity contribution < 1.29 is 9.53 Å². The van der Waals surface area contributed by atoms with E-state index in [9.17, 15) is 4.79 Å². The third-order valence-electron chi connectivity index (χ3n) is 3.84. The maximum atomic E-state index is 11.3. The number of ether oxygens (including phenoxy) is 1. The summed E-state index contributed by atoms with van der Waals surface area (Å²) in [6.07, 6.45) is 4.45. The van der Waals surface area contributed by atoms with Gasteiger partial charge in [0.2, 0.25) is 0 Å². The lowest BCUT2D eigenvalue weighted by Crippen LogP contribution is -2.69. The zero-order chi connectivity index (χ0) is 12.0. The Bertz CT molecular complexity index is 477. The normalized spacial score (nSPS) is 30.2. The molecule has 0 radical (unpaired) electrons. The molecular weight excluding hydrogens is 218 g/mol. The van der Waals surface area contributed by atoms with Crippen LogP contribution in [0.15, 0.2) is 18.5 Å². The number of rotatable bonds is 1. The monoisotopic (exact) mass is 233 g/mol. The number of carbonyl (C=O) groups excluding carboxylic acids is 1. The summed E-state index contributed by atoms with van der Waals surface area (Å²) in [6.45, 7) is 3.18. The average molecular weight is 233 g/mol. The fourth-order valence-electron chi connectivity index (χ4n) is 3.01. The number of amides is 2. The quantitative estimate of drug-likeness (QED) is 0.786. The lowest BCUT2D eigenvalue weighted by molar-refractivity contribution is -0.168. The molecule has 0 aromatic carbocycles. The molecule has 1 aromatic heterocycles. The van der Waals surface area contributed by atoms with E-state index in [0.717, 1.165) is 12.0 Å². The van der Waals surface area contributed by atoms with Crippen molar-refractivity contribution in [3.63, 3.8) is 0 Å². The Morgan fingerprint density at radius 2 is 2.59 bits per heavy atom. The minimum atomic E-state index is -0.372. The number of primary amides is 1. The Balaban J connectivity index is 1.98. The van der Waals surface area contributed by atoms with E-state index in [2.05, 4.69) is 4.98 Å². The van der Waals surface area contributed by atoms with Crippen LogP contribution in [0.3, 0.4) is 0 Å². The number of nitrogens with zero attached hydrogens (tertiary/aromatic N) is 2. The number of carbonyl (C=O) groups is 1. The highest BCUT2D eigenvalue weighted by Crippen LogP contribution is 2.48. The first kappa shape index (κ1) is 10.5. The van der Waals surface area contributed by atoms with Crippen molar-refractivity contribution in [1.29, 1.82) is 0 Å². The summed E-state index contributed by atoms with van der Waals surface area (Å²) in [5.41, 5.74) is 7.27. The molecule has 1 spiro atoms. The number of hydrogen-bond acceptors (Lipinski definition) is 3. The van der Waals surface area contributed by atoms with Gasteiger partial charge in [0.1, 0.15) is 5.60 Å². The minimum absolute atomic E-state index is 0.0328. The van der Waals surface area contributed by atoms with Crippen molar-refractivity contribution >= 4 is 6.03 Å². The first-order valence-electron chi connectivity index (χ1n) is 5.82. The van der Waals surface area contributed by atoms with E-state index >= 15 is 0 Å². The molecule has 5 nitrogen and oxygen atoms in total. The van der Waals surface area contributed by atoms with Gasteiger partial charge in [-0.1, -0.05) is 6.92 Å². The molecule has 0 bridgehead atoms. The Morgan fingerprint density at radius 1 is 1.76 bits per heavy atom. The summed E-state index contributed by atoms with van der Waals surface area (Å²) >= 11 is 0. The summed E-state index contributed by atoms with van der Waals surface area (Å²) in [4.78, 5) is 17.1. The van der Waals surface area contributed by atoms with E-state index in [1.54, 1.807) is 11.1 Å². The van der Waals surface area contributed by atoms with Crippen LogP contribution in [-0.4, -0.2) is 28.5 Å². The average Bonchev–Trinajstić information content (AvgIpc) is 2.68. The Kier molecular flexibility index (Phi) is 2.13. The summed E-state index contributed by atoms with van der Waals surface area (Å²) in [6, 6.07) is 1.64. The van der Waals surface area contributed by atoms with Crippen LogP contribution in [0.2, 0.25) is 0 Å². The Hall–Kier alpha value is -1.62. The molecule has 2 aliphatic rings. The van der Waals surface area contributed by atoms with Crippen LogP contribution in [0.4, 0.5) is 4.79 Å². The summed E-state index contributed by atoms with van der Waals surface area (Å²) in [5.74, 6) is 0. The Morgan fingerprint density at radius 3 is 3.29 bits per heavy atom. The maximum Gasteiger partial charge on any atom is 0.315 e. The predicted octanol–water partition coefficient (Wildman–Crippen LogP) is 0.980. The topological polar surface area (TPSA) is 68.5 Å². The lowest BCUT2D eigenvalue weighted by atomic mass is 9.77. The predicted molar refractivity (Wildman–Crippen MR) is 61.1 cm³/mol. The third kappa shape index (κ3) is 1.23. The molecule has 0 saturated carbocycles. The van der Waals surface area contributed by atoms with E-state index in [1.807, 2.05) is 19.2 Å². The molecule has 2 N–H and O–H groups in total. The second kappa shape index (κ2) is 3.43. The van der Waals surface area contributed by atoms with Crippen molar-refractivity contribution in [3.8, 4) is 0 Å². The molecule has 1 aromatic rings. The summed E-state index contributed by atoms with van der Waals surface area (Å²) < 4.78 is 5.94. The van der Waals surface area contributed by atoms with Gasteiger partial charge in [0, 0.05) is 18.0 Å². The molecular formula is C12H15N3O2. The SMILES string of the molecule is CCC1N(C(N)=O)CC12OCc1ccncc12. The maximum absolute atomic E-state index is 11.3. The van der Waals surface area contributed by atoms with Crippen LogP contribution in [0, 0.1) is 0 Å². The first-order chi connectivity index (χ1) is 8.19. The van der Waals surface area contributed by atoms with Gasteiger partial charge < -0.3 is 15.4 Å². The first-order valence-corrected chi connectivity index (χ1v) is 5.82. The van der Waals surface area contributed by atoms with Crippen molar-refractivity contribution in [1.82, 2.24) is 9.88 Å². The molecule has 17 heavy (non-hydrogen) atoms. The second-order valence-corrected chi connectivity index (χ2v) is 4.60. The minimum Gasteiger partial charge on any atom is -0.361 e. The number of nitrogens with two attached hydrogens (primary N) is 1. The number of hydrogen-bond donors (Lipinski definition) is 1. The third-order valence-corrected chi connectivity index (χ3v) is 3.84. The van der Waals surface area contributed by atoms with E-state index in [1.165, 1.54) is 5.56 Å². The van der Waals surface area contributed by atoms with Gasteiger partial charge in [-0.2, -0.15) is 0 Å². The summed E-state index contributed by atoms with van der Waals surface area (Å²) in [5, 5.41) is 0. The van der Waals surface area contributed by atoms with Crippen molar-refractivity contribution in [2.75, 3.05) is 6.54 Å². The van der Waals surface area contributed by atoms with Crippen molar-refractivity contribution in [3.05, 3.63) is 29.6 Å². The highest BCUT2D eigenvalue weighted by atomic mass is 16.5. The number of urea groups is 1. The highest BCUT2D eigenvalue weighted by Gasteiger charge is 2.58. The van der Waals surface area contributed by atoms with Crippen LogP contribution in [0.1, 0.15) is 24.5 Å². The molecule has 2 amide bonds. The van der Waals surface area contributed by atoms with E-state index in [0.29, 0.717) is 13.2 Å². The standard InChI is InChI=1S/C12H15N3O2/c1-2-10-12(7-15(10)11(13)16)9-5-14-4-3-8(9)6-17-12/h3-5,10H,2,6-7H2,1H3,(H2,13,16). The molecule has 2 aliphatic heterocycles. The van der Waals surface area contributed by atoms with Crippen molar-refractivity contribution in [2.24, 2.45) is 5.73 Å². The molecule has 3 rings (SSSR count). The molecule has 90 valence electrons. The highest BCUT2D eigenvalue weighted by molar-refractivity contribution is 5.74. The fraction of sp³-hybridized carbons (Fsp3) is 0.500. The molecule has 1 fully saturated rings. The summed E-state index contributed by atoms with van der Waals surface area (Å²) in [7, 11) is 0. The van der Waals surface area contributed by atoms with Crippen LogP contribution in [-0.2, 0) is 16.9 Å². The molecule has 0 aliphatic carbocycles. The number of likely N-dealkylation sites (tertiary alicyclic amines) is 1. The van der Waals surface area contributed by atoms with Gasteiger partial charge >= 0.3 is 6.03 Å². The second-order valence-electron chi connectivity index (χ2n) is 4.60. The van der Waals surface area contributed by atoms with Gasteiger partial charge in [0.05, 0.1) is 19.2 Å². The van der Waals surface area contributed by atoms with Gasteiger partial charge in [-0.15, -0.1) is 0 Å². The van der Waals surface area contributed by atoms with Gasteiger partial charge in [0.15, 0.2) is 0 Å². The van der Waals surface area contributed by atoms with Gasteiger partial charge in [0.25, 0.3) is 0 Å². The largest absolute Gasteiger partial charge is 0.361 e. The smallest absolute Gasteiger partial charge is 0.315 e. The van der Waals surface area contributed by atoms with Gasteiger partial charge in [-0.25, -0.2) is 4.79 Å². The fourth-order valence-corrected chi connectivity index (χ4v) is 3.01. The Labute approximate surface area is 99.6 Å². The molecule has 3 heterocycles. The molecule has 2 unspecified atom stereocenters. The van der Waals surface area contributed by atoms with Crippen LogP contribution >= 0.6 is 0 Å². The molecule has 2 atom stereocenters. The zero-order valence-electron chi connectivity index (χ0n) is 9.72. The van der Waals surface area contributed by atoms with Crippen molar-refractivity contribution in [2.45, 2.75) is 31.6 Å². The number of fused-ring (bicyclic) bond motifs is 2. The molecule has 5 heteroatoms. The number of pyridine rings is 1. The van der Waals surface area contributed by atoms with Gasteiger partial charge in [-0.3, -0.25) is 4.98 Å². The molecule has 1 saturated heterocycles. The lowest BCUT2D eigenvalue weighted by Gasteiger charge is -2.54. The van der Waals surface area contributed by atoms with Gasteiger partial charge in [-0.05, 0) is 18.1 Å². The zero-order valence-corrected chi connectivity index (χ0v) is 9.72. The van der Waals surface area contributed by atoms with E-state index in [-0.39, 0.29) is 17.7 Å². The van der Waals surface area contributed by atoms with Crippen LogP contribution in [0.5, 0.6) is 0 Å². The van der Waals surface area contributed by atoms with E-state index in [4.69, 9.17) is 10.5 Å². The van der Waals surface area contributed by atoms with Crippen LogP contribution in [0.25, 0.3) is 0 Å². The van der Waals surface area contributed by atoms with E-state index < -0.39 is 0 Å². The van der Waals surface area contributed by atoms with Crippen LogP contribution < -0.4 is 5.73 Å².